The van der Waals surface area contributed by atoms with E-state index in [-0.39, 0.29) is 0 Å². The molecule has 1 N–H and O–H groups in total. The summed E-state index contributed by atoms with van der Waals surface area (Å²) >= 11 is 0. The van der Waals surface area contributed by atoms with Crippen molar-refractivity contribution in [1.82, 2.24) is 4.90 Å². The Labute approximate surface area is 110 Å². The average molecular weight is 248 g/mol. The predicted molar refractivity (Wildman–Crippen MR) is 76.0 cm³/mol. The summed E-state index contributed by atoms with van der Waals surface area (Å²) in [6.07, 6.45) is 2.29. The summed E-state index contributed by atoms with van der Waals surface area (Å²) in [5.74, 6) is 0.535. The monoisotopic (exact) mass is 248 g/mol. The van der Waals surface area contributed by atoms with Gasteiger partial charge in [0.05, 0.1) is 0 Å². The van der Waals surface area contributed by atoms with Crippen LogP contribution in [0.2, 0.25) is 0 Å². The van der Waals surface area contributed by atoms with Gasteiger partial charge in [-0.15, -0.1) is 0 Å². The molecule has 1 aromatic rings. The summed E-state index contributed by atoms with van der Waals surface area (Å²) in [6, 6.07) is 10.5. The van der Waals surface area contributed by atoms with Gasteiger partial charge in [0.1, 0.15) is 0 Å². The molecule has 0 unspecified atom stereocenters. The van der Waals surface area contributed by atoms with E-state index in [0.29, 0.717) is 12.5 Å². The molecule has 0 aromatic heterocycles. The third-order valence-electron chi connectivity index (χ3n) is 3.91. The first-order chi connectivity index (χ1) is 8.79. The molecular weight excluding hydrogens is 224 g/mol. The van der Waals surface area contributed by atoms with Crippen LogP contribution in [0.3, 0.4) is 0 Å². The summed E-state index contributed by atoms with van der Waals surface area (Å²) in [7, 11) is 2.15. The van der Waals surface area contributed by atoms with Crippen LogP contribution in [0.4, 0.5) is 5.69 Å². The molecule has 1 heterocycles. The molecule has 0 aliphatic carbocycles. The van der Waals surface area contributed by atoms with E-state index in [4.69, 9.17) is 5.11 Å². The fourth-order valence-corrected chi connectivity index (χ4v) is 2.50. The van der Waals surface area contributed by atoms with Gasteiger partial charge in [0, 0.05) is 32.4 Å². The Hall–Kier alpha value is -1.06. The van der Waals surface area contributed by atoms with E-state index in [2.05, 4.69) is 47.2 Å². The standard InChI is InChI=1S/C15H24N2O/c1-16(15-5-3-2-4-6-15)11-12-17-9-7-14(13-18)8-10-17/h2-6,14,18H,7-13H2,1H3. The number of piperidine rings is 1. The number of hydrogen-bond acceptors (Lipinski definition) is 3. The number of likely N-dealkylation sites (tertiary alicyclic amines) is 1. The highest BCUT2D eigenvalue weighted by Crippen LogP contribution is 2.16. The van der Waals surface area contributed by atoms with Crippen molar-refractivity contribution in [3.8, 4) is 0 Å². The second-order valence-corrected chi connectivity index (χ2v) is 5.22. The number of aliphatic hydroxyl groups excluding tert-OH is 1. The van der Waals surface area contributed by atoms with Crippen LogP contribution in [0, 0.1) is 5.92 Å². The SMILES string of the molecule is CN(CCN1CCC(CO)CC1)c1ccccc1. The number of rotatable bonds is 5. The van der Waals surface area contributed by atoms with Gasteiger partial charge in [0.15, 0.2) is 0 Å². The van der Waals surface area contributed by atoms with Gasteiger partial charge < -0.3 is 14.9 Å². The van der Waals surface area contributed by atoms with Gasteiger partial charge in [-0.3, -0.25) is 0 Å². The highest BCUT2D eigenvalue weighted by Gasteiger charge is 2.18. The molecule has 3 heteroatoms. The molecule has 0 bridgehead atoms. The number of aliphatic hydroxyl groups is 1. The first kappa shape index (κ1) is 13.4. The topological polar surface area (TPSA) is 26.7 Å². The zero-order chi connectivity index (χ0) is 12.8. The van der Waals surface area contributed by atoms with Gasteiger partial charge in [-0.1, -0.05) is 18.2 Å². The van der Waals surface area contributed by atoms with Crippen molar-refractivity contribution in [1.29, 1.82) is 0 Å². The Morgan fingerprint density at radius 1 is 1.22 bits per heavy atom. The third kappa shape index (κ3) is 3.72. The molecule has 0 amide bonds. The van der Waals surface area contributed by atoms with Gasteiger partial charge in [-0.25, -0.2) is 0 Å². The molecule has 1 saturated heterocycles. The molecule has 1 aliphatic rings. The Morgan fingerprint density at radius 2 is 1.89 bits per heavy atom. The zero-order valence-electron chi connectivity index (χ0n) is 11.3. The highest BCUT2D eigenvalue weighted by molar-refractivity contribution is 5.44. The van der Waals surface area contributed by atoms with E-state index in [9.17, 15) is 0 Å². The van der Waals surface area contributed by atoms with E-state index < -0.39 is 0 Å². The predicted octanol–water partition coefficient (Wildman–Crippen LogP) is 1.83. The average Bonchev–Trinajstić information content (AvgIpc) is 2.46. The van der Waals surface area contributed by atoms with Crippen molar-refractivity contribution < 1.29 is 5.11 Å². The lowest BCUT2D eigenvalue weighted by molar-refractivity contribution is 0.133. The summed E-state index contributed by atoms with van der Waals surface area (Å²) < 4.78 is 0. The van der Waals surface area contributed by atoms with Crippen LogP contribution < -0.4 is 4.90 Å². The number of likely N-dealkylation sites (N-methyl/N-ethyl adjacent to an activating group) is 1. The molecular formula is C15H24N2O. The smallest absolute Gasteiger partial charge is 0.0460 e. The van der Waals surface area contributed by atoms with Gasteiger partial charge >= 0.3 is 0 Å². The summed E-state index contributed by atoms with van der Waals surface area (Å²) in [5.41, 5.74) is 1.28. The number of nitrogens with zero attached hydrogens (tertiary/aromatic N) is 2. The molecule has 3 nitrogen and oxygen atoms in total. The highest BCUT2D eigenvalue weighted by atomic mass is 16.3. The fraction of sp³-hybridized carbons (Fsp3) is 0.600. The number of anilines is 1. The number of benzene rings is 1. The minimum absolute atomic E-state index is 0.359. The minimum atomic E-state index is 0.359. The molecule has 1 aromatic carbocycles. The molecule has 0 spiro atoms. The van der Waals surface area contributed by atoms with Gasteiger partial charge in [0.25, 0.3) is 0 Å². The van der Waals surface area contributed by atoms with Crippen molar-refractivity contribution in [3.63, 3.8) is 0 Å². The van der Waals surface area contributed by atoms with E-state index in [1.807, 2.05) is 0 Å². The molecule has 2 rings (SSSR count). The van der Waals surface area contributed by atoms with Crippen molar-refractivity contribution in [2.45, 2.75) is 12.8 Å². The zero-order valence-corrected chi connectivity index (χ0v) is 11.3. The summed E-state index contributed by atoms with van der Waals surface area (Å²) in [6.45, 7) is 4.80. The number of hydrogen-bond donors (Lipinski definition) is 1. The Balaban J connectivity index is 1.72. The van der Waals surface area contributed by atoms with Crippen molar-refractivity contribution in [2.75, 3.05) is 44.7 Å². The minimum Gasteiger partial charge on any atom is -0.396 e. The third-order valence-corrected chi connectivity index (χ3v) is 3.91. The second kappa shape index (κ2) is 6.76. The molecule has 0 atom stereocenters. The van der Waals surface area contributed by atoms with Crippen LogP contribution in [0.25, 0.3) is 0 Å². The lowest BCUT2D eigenvalue weighted by Gasteiger charge is -2.32. The van der Waals surface area contributed by atoms with Crippen molar-refractivity contribution in [3.05, 3.63) is 30.3 Å². The second-order valence-electron chi connectivity index (χ2n) is 5.22. The van der Waals surface area contributed by atoms with Crippen LogP contribution in [-0.2, 0) is 0 Å². The number of para-hydroxylation sites is 1. The van der Waals surface area contributed by atoms with Crippen LogP contribution in [-0.4, -0.2) is 49.8 Å². The van der Waals surface area contributed by atoms with E-state index in [0.717, 1.165) is 39.0 Å². The lowest BCUT2D eigenvalue weighted by atomic mass is 9.98. The van der Waals surface area contributed by atoms with Gasteiger partial charge in [-0.2, -0.15) is 0 Å². The van der Waals surface area contributed by atoms with E-state index >= 15 is 0 Å². The molecule has 0 radical (unpaired) electrons. The first-order valence-electron chi connectivity index (χ1n) is 6.89. The van der Waals surface area contributed by atoms with Crippen LogP contribution in [0.5, 0.6) is 0 Å². The van der Waals surface area contributed by atoms with E-state index in [1.165, 1.54) is 5.69 Å². The molecule has 1 fully saturated rings. The quantitative estimate of drug-likeness (QED) is 0.861. The maximum atomic E-state index is 9.12. The largest absolute Gasteiger partial charge is 0.396 e. The molecule has 18 heavy (non-hydrogen) atoms. The molecule has 100 valence electrons. The Kier molecular flexibility index (Phi) is 5.02. The molecule has 0 saturated carbocycles. The van der Waals surface area contributed by atoms with Crippen molar-refractivity contribution in [2.24, 2.45) is 5.92 Å². The van der Waals surface area contributed by atoms with Crippen LogP contribution in [0.15, 0.2) is 30.3 Å². The van der Waals surface area contributed by atoms with Gasteiger partial charge in [0.2, 0.25) is 0 Å². The lowest BCUT2D eigenvalue weighted by Crippen LogP contribution is -2.39. The van der Waals surface area contributed by atoms with Crippen LogP contribution in [0.1, 0.15) is 12.8 Å². The van der Waals surface area contributed by atoms with Gasteiger partial charge in [-0.05, 0) is 44.0 Å². The maximum absolute atomic E-state index is 9.12. The summed E-state index contributed by atoms with van der Waals surface area (Å²) in [4.78, 5) is 4.81. The summed E-state index contributed by atoms with van der Waals surface area (Å²) in [5, 5.41) is 9.12. The fourth-order valence-electron chi connectivity index (χ4n) is 2.50. The van der Waals surface area contributed by atoms with Crippen LogP contribution >= 0.6 is 0 Å². The first-order valence-corrected chi connectivity index (χ1v) is 6.89. The Morgan fingerprint density at radius 3 is 2.50 bits per heavy atom. The van der Waals surface area contributed by atoms with Crippen molar-refractivity contribution >= 4 is 5.69 Å². The normalized spacial score (nSPS) is 17.9. The molecule has 1 aliphatic heterocycles. The maximum Gasteiger partial charge on any atom is 0.0460 e. The van der Waals surface area contributed by atoms with E-state index in [1.54, 1.807) is 0 Å². The Bertz CT molecular complexity index is 334.